The molecule has 0 saturated carbocycles. The molecule has 158 valence electrons. The van der Waals surface area contributed by atoms with Gasteiger partial charge in [0, 0.05) is 31.2 Å². The Morgan fingerprint density at radius 1 is 0.500 bits per heavy atom. The van der Waals surface area contributed by atoms with E-state index < -0.39 is 0 Å². The maximum absolute atomic E-state index is 4.72. The van der Waals surface area contributed by atoms with Gasteiger partial charge in [0.2, 0.25) is 0 Å². The maximum atomic E-state index is 4.72. The van der Waals surface area contributed by atoms with Crippen molar-refractivity contribution in [2.24, 2.45) is 9.98 Å². The zero-order valence-electron chi connectivity index (χ0n) is 16.9. The fourth-order valence-electron chi connectivity index (χ4n) is 2.74. The van der Waals surface area contributed by atoms with Gasteiger partial charge in [-0.1, -0.05) is 102 Å². The van der Waals surface area contributed by atoms with Crippen LogP contribution in [-0.4, -0.2) is 12.4 Å². The summed E-state index contributed by atoms with van der Waals surface area (Å²) in [5.41, 5.74) is 4.02. The lowest BCUT2D eigenvalue weighted by molar-refractivity contribution is 1.38. The number of halogens is 2. The largest absolute Gasteiger partial charge is 0.255 e. The quantitative estimate of drug-likeness (QED) is 0.160. The van der Waals surface area contributed by atoms with Crippen LogP contribution in [0.4, 0.5) is 11.4 Å². The lowest BCUT2D eigenvalue weighted by Crippen LogP contribution is -1.81. The summed E-state index contributed by atoms with van der Waals surface area (Å²) < 4.78 is 2.12. The molecule has 0 unspecified atom stereocenters. The van der Waals surface area contributed by atoms with Gasteiger partial charge in [0.15, 0.2) is 0 Å². The van der Waals surface area contributed by atoms with E-state index in [2.05, 4.69) is 44.0 Å². The van der Waals surface area contributed by atoms with Crippen LogP contribution < -0.4 is 0 Å². The Morgan fingerprint density at radius 3 is 1.28 bits per heavy atom. The maximum Gasteiger partial charge on any atom is 0.0774 e. The SMILES string of the molecule is Brc1ccc(C=Nc2ccccc2SSc2ccccc2N=Cc2ccc(Br)cc2)cc1. The molecule has 4 aromatic rings. The number of para-hydroxylation sites is 2. The average Bonchev–Trinajstić information content (AvgIpc) is 2.83. The van der Waals surface area contributed by atoms with Crippen molar-refractivity contribution in [3.05, 3.63) is 117 Å². The van der Waals surface area contributed by atoms with Gasteiger partial charge in [-0.15, -0.1) is 0 Å². The van der Waals surface area contributed by atoms with E-state index in [9.17, 15) is 0 Å². The van der Waals surface area contributed by atoms with Crippen molar-refractivity contribution in [3.8, 4) is 0 Å². The predicted octanol–water partition coefficient (Wildman–Crippen LogP) is 9.51. The van der Waals surface area contributed by atoms with E-state index in [4.69, 9.17) is 9.98 Å². The van der Waals surface area contributed by atoms with E-state index in [1.807, 2.05) is 97.4 Å². The standard InChI is InChI=1S/C26H18Br2N2S2/c27-21-13-9-19(10-14-21)17-29-23-5-1-3-7-25(23)31-32-26-8-4-2-6-24(26)30-18-20-11-15-22(28)16-12-20/h1-18H. The molecular formula is C26H18Br2N2S2. The monoisotopic (exact) mass is 580 g/mol. The summed E-state index contributed by atoms with van der Waals surface area (Å²) in [7, 11) is 3.38. The van der Waals surface area contributed by atoms with Crippen molar-refractivity contribution >= 4 is 77.3 Å². The third-order valence-corrected chi connectivity index (χ3v) is 7.91. The Morgan fingerprint density at radius 2 is 0.875 bits per heavy atom. The van der Waals surface area contributed by atoms with Crippen LogP contribution in [0.3, 0.4) is 0 Å². The van der Waals surface area contributed by atoms with Gasteiger partial charge in [0.1, 0.15) is 0 Å². The smallest absolute Gasteiger partial charge is 0.0774 e. The summed E-state index contributed by atoms with van der Waals surface area (Å²) in [5.74, 6) is 0. The third-order valence-electron chi connectivity index (χ3n) is 4.40. The van der Waals surface area contributed by atoms with E-state index >= 15 is 0 Å². The molecule has 0 bridgehead atoms. The number of hydrogen-bond acceptors (Lipinski definition) is 4. The van der Waals surface area contributed by atoms with Crippen LogP contribution >= 0.6 is 53.4 Å². The molecule has 0 amide bonds. The molecule has 0 N–H and O–H groups in total. The summed E-state index contributed by atoms with van der Waals surface area (Å²) in [5, 5.41) is 0. The van der Waals surface area contributed by atoms with Crippen molar-refractivity contribution < 1.29 is 0 Å². The first-order valence-corrected chi connectivity index (χ1v) is 13.5. The van der Waals surface area contributed by atoms with Crippen LogP contribution in [0.1, 0.15) is 11.1 Å². The molecule has 0 aromatic heterocycles. The topological polar surface area (TPSA) is 24.7 Å². The Labute approximate surface area is 213 Å². The minimum absolute atomic E-state index is 0.948. The van der Waals surface area contributed by atoms with Gasteiger partial charge in [0.25, 0.3) is 0 Å². The third kappa shape index (κ3) is 6.69. The minimum atomic E-state index is 0.948. The van der Waals surface area contributed by atoms with Crippen LogP contribution in [0.15, 0.2) is 126 Å². The fraction of sp³-hybridized carbons (Fsp3) is 0. The van der Waals surface area contributed by atoms with Crippen LogP contribution in [0, 0.1) is 0 Å². The molecule has 32 heavy (non-hydrogen) atoms. The summed E-state index contributed by atoms with van der Waals surface area (Å²) >= 11 is 6.93. The molecule has 0 atom stereocenters. The van der Waals surface area contributed by atoms with Crippen LogP contribution in [-0.2, 0) is 0 Å². The second-order valence-electron chi connectivity index (χ2n) is 6.72. The highest BCUT2D eigenvalue weighted by Gasteiger charge is 2.06. The summed E-state index contributed by atoms with van der Waals surface area (Å²) in [6.07, 6.45) is 3.79. The highest BCUT2D eigenvalue weighted by atomic mass is 79.9. The Balaban J connectivity index is 1.48. The van der Waals surface area contributed by atoms with Crippen molar-refractivity contribution in [1.29, 1.82) is 0 Å². The molecule has 2 nitrogen and oxygen atoms in total. The molecule has 0 saturated heterocycles. The van der Waals surface area contributed by atoms with E-state index in [1.54, 1.807) is 21.6 Å². The number of hydrogen-bond donors (Lipinski definition) is 0. The van der Waals surface area contributed by atoms with Gasteiger partial charge in [-0.25, -0.2) is 0 Å². The first-order chi connectivity index (χ1) is 15.7. The average molecular weight is 582 g/mol. The number of aliphatic imine (C=N–C) groups is 2. The van der Waals surface area contributed by atoms with Crippen molar-refractivity contribution in [2.75, 3.05) is 0 Å². The summed E-state index contributed by atoms with van der Waals surface area (Å²) in [6.45, 7) is 0. The zero-order chi connectivity index (χ0) is 22.2. The van der Waals surface area contributed by atoms with Crippen molar-refractivity contribution in [3.63, 3.8) is 0 Å². The first-order valence-electron chi connectivity index (χ1n) is 9.79. The number of benzene rings is 4. The highest BCUT2D eigenvalue weighted by molar-refractivity contribution is 9.10. The van der Waals surface area contributed by atoms with E-state index in [0.29, 0.717) is 0 Å². The van der Waals surface area contributed by atoms with E-state index in [-0.39, 0.29) is 0 Å². The summed E-state index contributed by atoms with van der Waals surface area (Å²) in [6, 6.07) is 32.6. The van der Waals surface area contributed by atoms with Gasteiger partial charge in [-0.2, -0.15) is 0 Å². The Hall–Kier alpha value is -2.12. The Bertz CT molecular complexity index is 1140. The highest BCUT2D eigenvalue weighted by Crippen LogP contribution is 2.44. The van der Waals surface area contributed by atoms with E-state index in [1.165, 1.54) is 0 Å². The van der Waals surface area contributed by atoms with Gasteiger partial charge in [-0.05, 0) is 59.7 Å². The molecule has 0 heterocycles. The fourth-order valence-corrected chi connectivity index (χ4v) is 5.52. The second-order valence-corrected chi connectivity index (χ2v) is 10.8. The first kappa shape index (κ1) is 23.1. The minimum Gasteiger partial charge on any atom is -0.255 e. The zero-order valence-corrected chi connectivity index (χ0v) is 21.7. The Kier molecular flexibility index (Phi) is 8.40. The molecule has 0 fully saturated rings. The number of rotatable bonds is 7. The lowest BCUT2D eigenvalue weighted by Gasteiger charge is -2.07. The van der Waals surface area contributed by atoms with Crippen molar-refractivity contribution in [2.45, 2.75) is 9.79 Å². The van der Waals surface area contributed by atoms with Crippen LogP contribution in [0.2, 0.25) is 0 Å². The molecule has 6 heteroatoms. The van der Waals surface area contributed by atoms with Crippen LogP contribution in [0.5, 0.6) is 0 Å². The van der Waals surface area contributed by atoms with Crippen molar-refractivity contribution in [1.82, 2.24) is 0 Å². The van der Waals surface area contributed by atoms with Crippen LogP contribution in [0.25, 0.3) is 0 Å². The second kappa shape index (κ2) is 11.7. The molecular weight excluding hydrogens is 564 g/mol. The molecule has 0 aliphatic rings. The number of nitrogens with zero attached hydrogens (tertiary/aromatic N) is 2. The normalized spacial score (nSPS) is 11.4. The lowest BCUT2D eigenvalue weighted by atomic mass is 10.2. The molecule has 4 aromatic carbocycles. The summed E-state index contributed by atoms with van der Waals surface area (Å²) in [4.78, 5) is 11.6. The van der Waals surface area contributed by atoms with E-state index in [0.717, 1.165) is 41.2 Å². The van der Waals surface area contributed by atoms with Gasteiger partial charge in [-0.3, -0.25) is 9.98 Å². The predicted molar refractivity (Wildman–Crippen MR) is 147 cm³/mol. The van der Waals surface area contributed by atoms with Gasteiger partial charge >= 0.3 is 0 Å². The molecule has 0 aliphatic carbocycles. The molecule has 0 spiro atoms. The molecule has 0 radical (unpaired) electrons. The molecule has 0 aliphatic heterocycles. The van der Waals surface area contributed by atoms with Gasteiger partial charge in [0.05, 0.1) is 11.4 Å². The van der Waals surface area contributed by atoms with Gasteiger partial charge < -0.3 is 0 Å². The molecule has 4 rings (SSSR count).